The van der Waals surface area contributed by atoms with E-state index in [-0.39, 0.29) is 17.3 Å². The predicted octanol–water partition coefficient (Wildman–Crippen LogP) is 2.01. The maximum atomic E-state index is 13.8. The Balaban J connectivity index is 1.33. The zero-order chi connectivity index (χ0) is 20.9. The lowest BCUT2D eigenvalue weighted by Gasteiger charge is -2.26. The van der Waals surface area contributed by atoms with Gasteiger partial charge >= 0.3 is 0 Å². The Labute approximate surface area is 174 Å². The molecule has 0 atom stereocenters. The fourth-order valence-electron chi connectivity index (χ4n) is 3.99. The van der Waals surface area contributed by atoms with Crippen LogP contribution in [0.2, 0.25) is 0 Å². The molecule has 0 aliphatic carbocycles. The number of nitrogens with zero attached hydrogens (tertiary/aromatic N) is 3. The second-order valence-electron chi connectivity index (χ2n) is 7.61. The van der Waals surface area contributed by atoms with Gasteiger partial charge in [-0.05, 0) is 49.7 Å². The third-order valence-electron chi connectivity index (χ3n) is 5.56. The van der Waals surface area contributed by atoms with Gasteiger partial charge in [0.05, 0.1) is 24.2 Å². The van der Waals surface area contributed by atoms with E-state index >= 15 is 0 Å². The molecule has 0 saturated carbocycles. The summed E-state index contributed by atoms with van der Waals surface area (Å²) in [5.41, 5.74) is 1.67. The van der Waals surface area contributed by atoms with E-state index in [4.69, 9.17) is 4.74 Å². The lowest BCUT2D eigenvalue weighted by atomic mass is 10.2. The van der Waals surface area contributed by atoms with Crippen LogP contribution in [0.4, 0.5) is 4.39 Å². The number of halogens is 1. The molecule has 4 rings (SSSR count). The van der Waals surface area contributed by atoms with Crippen LogP contribution < -0.4 is 10.9 Å². The van der Waals surface area contributed by atoms with Gasteiger partial charge in [-0.2, -0.15) is 0 Å². The highest BCUT2D eigenvalue weighted by Gasteiger charge is 2.12. The number of benzene rings is 1. The number of fused-ring (bicyclic) bond motifs is 3. The Morgan fingerprint density at radius 3 is 2.73 bits per heavy atom. The summed E-state index contributed by atoms with van der Waals surface area (Å²) in [6.45, 7) is 5.40. The molecule has 1 N–H and O–H groups in total. The highest BCUT2D eigenvalue weighted by atomic mass is 19.1. The van der Waals surface area contributed by atoms with E-state index in [1.165, 1.54) is 12.1 Å². The SMILES string of the molecule is O=C(CCCn1c(=O)c2cccn2c2ccc(F)cc21)NCCCN1CCOCC1. The molecular weight excluding hydrogens is 387 g/mol. The van der Waals surface area contributed by atoms with Crippen LogP contribution in [0.1, 0.15) is 19.3 Å². The molecule has 1 amide bonds. The molecule has 0 radical (unpaired) electrons. The first-order valence-electron chi connectivity index (χ1n) is 10.5. The van der Waals surface area contributed by atoms with Crippen molar-refractivity contribution in [1.82, 2.24) is 19.2 Å². The first-order chi connectivity index (χ1) is 14.6. The van der Waals surface area contributed by atoms with Gasteiger partial charge in [0.2, 0.25) is 5.91 Å². The lowest BCUT2D eigenvalue weighted by Crippen LogP contribution is -2.38. The van der Waals surface area contributed by atoms with Crippen molar-refractivity contribution in [1.29, 1.82) is 0 Å². The molecule has 3 heterocycles. The van der Waals surface area contributed by atoms with Crippen molar-refractivity contribution in [3.63, 3.8) is 0 Å². The average molecular weight is 414 g/mol. The van der Waals surface area contributed by atoms with Crippen LogP contribution in [0.25, 0.3) is 16.6 Å². The van der Waals surface area contributed by atoms with Crippen molar-refractivity contribution in [2.45, 2.75) is 25.8 Å². The quantitative estimate of drug-likeness (QED) is 0.573. The Morgan fingerprint density at radius 2 is 1.90 bits per heavy atom. The summed E-state index contributed by atoms with van der Waals surface area (Å²) in [6.07, 6.45) is 3.54. The number of nitrogens with one attached hydrogen (secondary N) is 1. The Kier molecular flexibility index (Phi) is 6.44. The molecule has 0 spiro atoms. The number of ether oxygens (including phenoxy) is 1. The fourth-order valence-corrected chi connectivity index (χ4v) is 3.99. The van der Waals surface area contributed by atoms with Gasteiger partial charge in [0.25, 0.3) is 5.56 Å². The maximum absolute atomic E-state index is 13.8. The lowest BCUT2D eigenvalue weighted by molar-refractivity contribution is -0.121. The molecule has 0 unspecified atom stereocenters. The van der Waals surface area contributed by atoms with Gasteiger partial charge in [0.1, 0.15) is 11.3 Å². The summed E-state index contributed by atoms with van der Waals surface area (Å²) in [4.78, 5) is 27.4. The van der Waals surface area contributed by atoms with Crippen LogP contribution in [-0.2, 0) is 16.1 Å². The summed E-state index contributed by atoms with van der Waals surface area (Å²) in [5, 5.41) is 2.95. The van der Waals surface area contributed by atoms with Crippen LogP contribution in [0.15, 0.2) is 41.3 Å². The van der Waals surface area contributed by atoms with Crippen LogP contribution in [0, 0.1) is 5.82 Å². The van der Waals surface area contributed by atoms with Gasteiger partial charge in [-0.25, -0.2) is 4.39 Å². The number of carbonyl (C=O) groups is 1. The van der Waals surface area contributed by atoms with E-state index in [0.29, 0.717) is 37.0 Å². The van der Waals surface area contributed by atoms with E-state index < -0.39 is 0 Å². The number of hydrogen-bond donors (Lipinski definition) is 1. The zero-order valence-corrected chi connectivity index (χ0v) is 17.0. The summed E-state index contributed by atoms with van der Waals surface area (Å²) < 4.78 is 22.5. The fraction of sp³-hybridized carbons (Fsp3) is 0.455. The second kappa shape index (κ2) is 9.40. The highest BCUT2D eigenvalue weighted by molar-refractivity contribution is 5.79. The number of hydrogen-bond acceptors (Lipinski definition) is 4. The normalized spacial score (nSPS) is 15.1. The molecule has 1 aliphatic rings. The number of morpholine rings is 1. The third kappa shape index (κ3) is 4.55. The van der Waals surface area contributed by atoms with Gasteiger partial charge in [-0.15, -0.1) is 0 Å². The average Bonchev–Trinajstić information content (AvgIpc) is 3.24. The highest BCUT2D eigenvalue weighted by Crippen LogP contribution is 2.17. The molecule has 0 bridgehead atoms. The van der Waals surface area contributed by atoms with Crippen molar-refractivity contribution < 1.29 is 13.9 Å². The molecule has 30 heavy (non-hydrogen) atoms. The minimum Gasteiger partial charge on any atom is -0.379 e. The number of aromatic nitrogens is 2. The van der Waals surface area contributed by atoms with Crippen molar-refractivity contribution in [3.8, 4) is 0 Å². The number of rotatable bonds is 8. The van der Waals surface area contributed by atoms with Crippen LogP contribution in [0.3, 0.4) is 0 Å². The number of carbonyl (C=O) groups excluding carboxylic acids is 1. The minimum atomic E-state index is -0.389. The number of aryl methyl sites for hydroxylation is 1. The molecule has 160 valence electrons. The maximum Gasteiger partial charge on any atom is 0.275 e. The van der Waals surface area contributed by atoms with Crippen molar-refractivity contribution >= 4 is 22.5 Å². The molecule has 7 nitrogen and oxygen atoms in total. The Bertz CT molecular complexity index is 1090. The van der Waals surface area contributed by atoms with Gasteiger partial charge in [-0.1, -0.05) is 0 Å². The van der Waals surface area contributed by atoms with Crippen LogP contribution in [-0.4, -0.2) is 59.2 Å². The van der Waals surface area contributed by atoms with E-state index in [9.17, 15) is 14.0 Å². The number of amides is 1. The van der Waals surface area contributed by atoms with Crippen LogP contribution in [0.5, 0.6) is 0 Å². The van der Waals surface area contributed by atoms with Gasteiger partial charge in [0.15, 0.2) is 0 Å². The smallest absolute Gasteiger partial charge is 0.275 e. The molecular formula is C22H27FN4O3. The van der Waals surface area contributed by atoms with Gasteiger partial charge < -0.3 is 19.0 Å². The topological polar surface area (TPSA) is 68.0 Å². The van der Waals surface area contributed by atoms with E-state index in [1.54, 1.807) is 33.4 Å². The third-order valence-corrected chi connectivity index (χ3v) is 5.56. The minimum absolute atomic E-state index is 0.0238. The van der Waals surface area contributed by atoms with Crippen molar-refractivity contribution in [3.05, 3.63) is 52.7 Å². The first-order valence-corrected chi connectivity index (χ1v) is 10.5. The molecule has 8 heteroatoms. The van der Waals surface area contributed by atoms with E-state index in [2.05, 4.69) is 10.2 Å². The molecule has 3 aromatic rings. The van der Waals surface area contributed by atoms with E-state index in [0.717, 1.165) is 44.8 Å². The zero-order valence-electron chi connectivity index (χ0n) is 17.0. The predicted molar refractivity (Wildman–Crippen MR) is 113 cm³/mol. The summed E-state index contributed by atoms with van der Waals surface area (Å²) in [7, 11) is 0. The summed E-state index contributed by atoms with van der Waals surface area (Å²) in [6, 6.07) is 7.99. The second-order valence-corrected chi connectivity index (χ2v) is 7.61. The van der Waals surface area contributed by atoms with Crippen molar-refractivity contribution in [2.24, 2.45) is 0 Å². The first kappa shape index (κ1) is 20.6. The largest absolute Gasteiger partial charge is 0.379 e. The standard InChI is InChI=1S/C22H27FN4O3/c23-17-6-7-18-20(16-17)27(22(29)19-4-1-10-26(18)19)11-2-5-21(28)24-8-3-9-25-12-14-30-15-13-25/h1,4,6-7,10,16H,2-3,5,8-9,11-15H2,(H,24,28). The van der Waals surface area contributed by atoms with Crippen LogP contribution >= 0.6 is 0 Å². The summed E-state index contributed by atoms with van der Waals surface area (Å²) in [5.74, 6) is -0.413. The summed E-state index contributed by atoms with van der Waals surface area (Å²) >= 11 is 0. The monoisotopic (exact) mass is 414 g/mol. The molecule has 1 saturated heterocycles. The molecule has 1 fully saturated rings. The Hall–Kier alpha value is -2.71. The van der Waals surface area contributed by atoms with Crippen molar-refractivity contribution in [2.75, 3.05) is 39.4 Å². The Morgan fingerprint density at radius 1 is 1.07 bits per heavy atom. The molecule has 1 aliphatic heterocycles. The molecule has 1 aromatic carbocycles. The molecule has 2 aromatic heterocycles. The van der Waals surface area contributed by atoms with Gasteiger partial charge in [0, 0.05) is 38.8 Å². The van der Waals surface area contributed by atoms with E-state index in [1.807, 2.05) is 0 Å². The van der Waals surface area contributed by atoms with Gasteiger partial charge in [-0.3, -0.25) is 14.5 Å².